The maximum absolute atomic E-state index is 12.1. The van der Waals surface area contributed by atoms with E-state index in [4.69, 9.17) is 5.11 Å². The SMILES string of the molecule is CC(NS(=O)(=O)c1c[nH]c(C(=O)O)c1)c1nncn1C. The van der Waals surface area contributed by atoms with Crippen molar-refractivity contribution in [1.29, 1.82) is 0 Å². The molecule has 9 nitrogen and oxygen atoms in total. The molecule has 0 radical (unpaired) electrons. The molecule has 2 heterocycles. The van der Waals surface area contributed by atoms with Gasteiger partial charge in [-0.1, -0.05) is 0 Å². The van der Waals surface area contributed by atoms with E-state index < -0.39 is 22.0 Å². The molecule has 0 aliphatic carbocycles. The topological polar surface area (TPSA) is 130 Å². The minimum atomic E-state index is -3.84. The molecule has 0 fully saturated rings. The van der Waals surface area contributed by atoms with Gasteiger partial charge in [-0.25, -0.2) is 17.9 Å². The smallest absolute Gasteiger partial charge is 0.352 e. The van der Waals surface area contributed by atoms with Gasteiger partial charge in [-0.05, 0) is 13.0 Å². The monoisotopic (exact) mass is 299 g/mol. The van der Waals surface area contributed by atoms with Crippen molar-refractivity contribution >= 4 is 16.0 Å². The van der Waals surface area contributed by atoms with E-state index in [1.165, 1.54) is 6.33 Å². The summed E-state index contributed by atoms with van der Waals surface area (Å²) in [5.74, 6) is -0.782. The van der Waals surface area contributed by atoms with E-state index in [0.717, 1.165) is 12.3 Å². The lowest BCUT2D eigenvalue weighted by molar-refractivity contribution is 0.0691. The molecular weight excluding hydrogens is 286 g/mol. The predicted octanol–water partition coefficient (Wildman–Crippen LogP) is -0.119. The largest absolute Gasteiger partial charge is 0.477 e. The number of aromatic nitrogens is 4. The Kier molecular flexibility index (Phi) is 3.59. The fraction of sp³-hybridized carbons (Fsp3) is 0.300. The zero-order valence-corrected chi connectivity index (χ0v) is 11.5. The number of aromatic carboxylic acids is 1. The van der Waals surface area contributed by atoms with Crippen LogP contribution in [-0.2, 0) is 17.1 Å². The van der Waals surface area contributed by atoms with Crippen molar-refractivity contribution in [2.75, 3.05) is 0 Å². The zero-order chi connectivity index (χ0) is 14.9. The first-order chi connectivity index (χ1) is 9.31. The van der Waals surface area contributed by atoms with Crippen LogP contribution in [0.4, 0.5) is 0 Å². The Morgan fingerprint density at radius 2 is 2.25 bits per heavy atom. The van der Waals surface area contributed by atoms with Crippen LogP contribution in [0.1, 0.15) is 29.3 Å². The highest BCUT2D eigenvalue weighted by Gasteiger charge is 2.23. The average molecular weight is 299 g/mol. The molecular formula is C10H13N5O4S. The minimum Gasteiger partial charge on any atom is -0.477 e. The first-order valence-electron chi connectivity index (χ1n) is 5.59. The predicted molar refractivity (Wildman–Crippen MR) is 67.5 cm³/mol. The highest BCUT2D eigenvalue weighted by atomic mass is 32.2. The molecule has 0 spiro atoms. The Labute approximate surface area is 114 Å². The molecule has 20 heavy (non-hydrogen) atoms. The molecule has 1 atom stereocenters. The number of sulfonamides is 1. The molecule has 0 aliphatic heterocycles. The third-order valence-electron chi connectivity index (χ3n) is 2.66. The van der Waals surface area contributed by atoms with Crippen molar-refractivity contribution in [3.8, 4) is 0 Å². The molecule has 0 aromatic carbocycles. The van der Waals surface area contributed by atoms with Gasteiger partial charge < -0.3 is 14.7 Å². The van der Waals surface area contributed by atoms with E-state index in [2.05, 4.69) is 19.9 Å². The van der Waals surface area contributed by atoms with E-state index >= 15 is 0 Å². The molecule has 108 valence electrons. The molecule has 10 heteroatoms. The van der Waals surface area contributed by atoms with Crippen LogP contribution in [0, 0.1) is 0 Å². The van der Waals surface area contributed by atoms with Gasteiger partial charge in [-0.15, -0.1) is 10.2 Å². The fourth-order valence-corrected chi connectivity index (χ4v) is 2.88. The van der Waals surface area contributed by atoms with Gasteiger partial charge in [-0.3, -0.25) is 0 Å². The van der Waals surface area contributed by atoms with Gasteiger partial charge in [0.15, 0.2) is 0 Å². The van der Waals surface area contributed by atoms with Crippen LogP contribution in [0.25, 0.3) is 0 Å². The summed E-state index contributed by atoms with van der Waals surface area (Å²) in [6.07, 6.45) is 2.58. The molecule has 2 aromatic heterocycles. The number of hydrogen-bond acceptors (Lipinski definition) is 5. The number of nitrogens with one attached hydrogen (secondary N) is 2. The number of aryl methyl sites for hydroxylation is 1. The Bertz CT molecular complexity index is 732. The second-order valence-corrected chi connectivity index (χ2v) is 5.91. The molecule has 0 saturated heterocycles. The third kappa shape index (κ3) is 2.70. The van der Waals surface area contributed by atoms with Gasteiger partial charge in [0.05, 0.1) is 6.04 Å². The lowest BCUT2D eigenvalue weighted by atomic mass is 10.3. The molecule has 0 aliphatic rings. The Morgan fingerprint density at radius 3 is 2.75 bits per heavy atom. The van der Waals surface area contributed by atoms with Crippen LogP contribution >= 0.6 is 0 Å². The minimum absolute atomic E-state index is 0.149. The average Bonchev–Trinajstić information content (AvgIpc) is 2.96. The summed E-state index contributed by atoms with van der Waals surface area (Å²) >= 11 is 0. The van der Waals surface area contributed by atoms with Crippen molar-refractivity contribution < 1.29 is 18.3 Å². The van der Waals surface area contributed by atoms with Gasteiger partial charge in [0, 0.05) is 13.2 Å². The normalized spacial score (nSPS) is 13.3. The fourth-order valence-electron chi connectivity index (χ4n) is 1.69. The molecule has 3 N–H and O–H groups in total. The third-order valence-corrected chi connectivity index (χ3v) is 4.18. The van der Waals surface area contributed by atoms with Crippen LogP contribution in [-0.4, -0.2) is 39.2 Å². The summed E-state index contributed by atoms with van der Waals surface area (Å²) in [5.41, 5.74) is -0.198. The van der Waals surface area contributed by atoms with Gasteiger partial charge in [0.2, 0.25) is 10.0 Å². The summed E-state index contributed by atoms with van der Waals surface area (Å²) in [5, 5.41) is 16.2. The van der Waals surface area contributed by atoms with Crippen molar-refractivity contribution in [2.24, 2.45) is 7.05 Å². The van der Waals surface area contributed by atoms with Crippen LogP contribution in [0.5, 0.6) is 0 Å². The first kappa shape index (κ1) is 14.2. The maximum atomic E-state index is 12.1. The quantitative estimate of drug-likeness (QED) is 0.705. The molecule has 2 rings (SSSR count). The van der Waals surface area contributed by atoms with Gasteiger partial charge in [0.1, 0.15) is 22.7 Å². The highest BCUT2D eigenvalue weighted by molar-refractivity contribution is 7.89. The zero-order valence-electron chi connectivity index (χ0n) is 10.7. The number of hydrogen-bond donors (Lipinski definition) is 3. The Hall–Kier alpha value is -2.20. The van der Waals surface area contributed by atoms with Crippen LogP contribution in [0.15, 0.2) is 23.5 Å². The van der Waals surface area contributed by atoms with E-state index in [0.29, 0.717) is 5.82 Å². The number of carboxylic acid groups (broad SMARTS) is 1. The number of carboxylic acids is 1. The highest BCUT2D eigenvalue weighted by Crippen LogP contribution is 2.15. The number of nitrogens with zero attached hydrogens (tertiary/aromatic N) is 3. The second kappa shape index (κ2) is 5.06. The van der Waals surface area contributed by atoms with E-state index in [9.17, 15) is 13.2 Å². The Balaban J connectivity index is 2.22. The first-order valence-corrected chi connectivity index (χ1v) is 7.07. The van der Waals surface area contributed by atoms with E-state index in [1.807, 2.05) is 0 Å². The molecule has 0 amide bonds. The molecule has 1 unspecified atom stereocenters. The van der Waals surface area contributed by atoms with E-state index in [1.54, 1.807) is 18.5 Å². The van der Waals surface area contributed by atoms with Crippen LogP contribution < -0.4 is 4.72 Å². The molecule has 2 aromatic rings. The summed E-state index contributed by atoms with van der Waals surface area (Å²) in [6, 6.07) is 0.448. The number of aromatic amines is 1. The molecule has 0 saturated carbocycles. The van der Waals surface area contributed by atoms with Gasteiger partial charge in [0.25, 0.3) is 0 Å². The van der Waals surface area contributed by atoms with Crippen LogP contribution in [0.3, 0.4) is 0 Å². The maximum Gasteiger partial charge on any atom is 0.352 e. The summed E-state index contributed by atoms with van der Waals surface area (Å²) in [7, 11) is -2.15. The lowest BCUT2D eigenvalue weighted by Gasteiger charge is -2.12. The number of rotatable bonds is 5. The Morgan fingerprint density at radius 1 is 1.55 bits per heavy atom. The summed E-state index contributed by atoms with van der Waals surface area (Å²) in [4.78, 5) is 13.0. The van der Waals surface area contributed by atoms with E-state index in [-0.39, 0.29) is 10.6 Å². The van der Waals surface area contributed by atoms with Crippen molar-refractivity contribution in [1.82, 2.24) is 24.5 Å². The van der Waals surface area contributed by atoms with Gasteiger partial charge in [-0.2, -0.15) is 0 Å². The lowest BCUT2D eigenvalue weighted by Crippen LogP contribution is -2.28. The van der Waals surface area contributed by atoms with Crippen LogP contribution in [0.2, 0.25) is 0 Å². The summed E-state index contributed by atoms with van der Waals surface area (Å²) in [6.45, 7) is 1.62. The van der Waals surface area contributed by atoms with Crippen molar-refractivity contribution in [2.45, 2.75) is 17.9 Å². The van der Waals surface area contributed by atoms with Gasteiger partial charge >= 0.3 is 5.97 Å². The second-order valence-electron chi connectivity index (χ2n) is 4.20. The van der Waals surface area contributed by atoms with Crippen molar-refractivity contribution in [3.63, 3.8) is 0 Å². The molecule has 0 bridgehead atoms. The summed E-state index contributed by atoms with van der Waals surface area (Å²) < 4.78 is 28.2. The number of H-pyrrole nitrogens is 1. The number of carbonyl (C=O) groups is 1. The standard InChI is InChI=1S/C10H13N5O4S/c1-6(9-13-12-5-15(9)2)14-20(18,19)7-3-8(10(16)17)11-4-7/h3-6,11,14H,1-2H3,(H,16,17). The van der Waals surface area contributed by atoms with Crippen molar-refractivity contribution in [3.05, 3.63) is 30.1 Å².